The number of phosphoric ester groups is 1. The first-order valence-corrected chi connectivity index (χ1v) is 12.8. The third kappa shape index (κ3) is 6.27. The summed E-state index contributed by atoms with van der Waals surface area (Å²) in [5.74, 6) is -1.00. The summed E-state index contributed by atoms with van der Waals surface area (Å²) in [7, 11) is -7.44. The van der Waals surface area contributed by atoms with Crippen LogP contribution in [-0.2, 0) is 39.2 Å². The molecule has 0 bridgehead atoms. The average molecular weight is 530 g/mol. The van der Waals surface area contributed by atoms with E-state index in [0.29, 0.717) is 0 Å². The number of fused-ring (bicyclic) bond motifs is 1. The number of aliphatic hydroxyl groups excluding tert-OH is 1. The molecule has 3 rings (SSSR count). The lowest BCUT2D eigenvalue weighted by Crippen LogP contribution is -2.45. The zero-order chi connectivity index (χ0) is 25.3. The number of phosphoric acid groups is 2. The number of anilines is 1. The number of nitrogen functional groups attached to an aromatic ring is 1. The summed E-state index contributed by atoms with van der Waals surface area (Å²) >= 11 is 0. The van der Waals surface area contributed by atoms with E-state index in [0.717, 1.165) is 0 Å². The minimum atomic E-state index is -5.32. The van der Waals surface area contributed by atoms with E-state index in [1.54, 1.807) is 7.05 Å². The quantitative estimate of drug-likeness (QED) is 0.104. The molecule has 7 N–H and O–H groups in total. The van der Waals surface area contributed by atoms with Crippen molar-refractivity contribution in [1.82, 2.24) is 14.5 Å². The van der Waals surface area contributed by atoms with Crippen molar-refractivity contribution in [2.45, 2.75) is 18.4 Å². The molecule has 1 aliphatic heterocycles. The van der Waals surface area contributed by atoms with E-state index in [4.69, 9.17) is 29.7 Å². The SMILES string of the molecule is COCCOC[C@H]1[C@@H](O)[C@H]([n+]2cn(C)c3c(=O)[nH]c(N)nc32)O[C@@H]1COP(=O)(O)OP(=O)(O)O. The molecule has 34 heavy (non-hydrogen) atoms. The first kappa shape index (κ1) is 26.8. The maximum atomic E-state index is 12.3. The lowest BCUT2D eigenvalue weighted by molar-refractivity contribution is -0.745. The van der Waals surface area contributed by atoms with Gasteiger partial charge in [0.1, 0.15) is 6.10 Å². The molecule has 1 aliphatic rings. The molecule has 3 heterocycles. The molecule has 1 fully saturated rings. The maximum Gasteiger partial charge on any atom is 0.481 e. The van der Waals surface area contributed by atoms with E-state index >= 15 is 0 Å². The summed E-state index contributed by atoms with van der Waals surface area (Å²) in [6, 6.07) is 0. The highest BCUT2D eigenvalue weighted by atomic mass is 31.3. The number of ether oxygens (including phenoxy) is 3. The Hall–Kier alpha value is -1.75. The molecule has 192 valence electrons. The smallest absolute Gasteiger partial charge is 0.386 e. The van der Waals surface area contributed by atoms with E-state index in [1.165, 1.54) is 22.6 Å². The van der Waals surface area contributed by atoms with Crippen LogP contribution in [0.15, 0.2) is 11.1 Å². The molecule has 0 aliphatic carbocycles. The molecule has 2 aromatic rings. The molecule has 0 amide bonds. The second-order valence-electron chi connectivity index (χ2n) is 7.38. The zero-order valence-corrected chi connectivity index (χ0v) is 19.9. The van der Waals surface area contributed by atoms with Gasteiger partial charge in [0.05, 0.1) is 39.6 Å². The number of methoxy groups -OCH3 is 1. The molecule has 17 nitrogen and oxygen atoms in total. The first-order valence-electron chi connectivity index (χ1n) is 9.73. The number of H-pyrrole nitrogens is 1. The summed E-state index contributed by atoms with van der Waals surface area (Å²) in [4.78, 5) is 45.9. The van der Waals surface area contributed by atoms with Crippen LogP contribution in [-0.4, -0.2) is 80.1 Å². The lowest BCUT2D eigenvalue weighted by atomic mass is 9.99. The fourth-order valence-corrected chi connectivity index (χ4v) is 5.13. The number of rotatable bonds is 11. The number of hydrogen-bond acceptors (Lipinski definition) is 11. The Bertz CT molecular complexity index is 1160. The van der Waals surface area contributed by atoms with Crippen molar-refractivity contribution in [2.24, 2.45) is 13.0 Å². The Morgan fingerprint density at radius 3 is 2.65 bits per heavy atom. The van der Waals surface area contributed by atoms with Crippen molar-refractivity contribution in [3.05, 3.63) is 16.7 Å². The monoisotopic (exact) mass is 530 g/mol. The normalized spacial score (nSPS) is 25.1. The van der Waals surface area contributed by atoms with Crippen LogP contribution in [0.25, 0.3) is 11.2 Å². The van der Waals surface area contributed by atoms with Crippen LogP contribution in [0.1, 0.15) is 6.23 Å². The van der Waals surface area contributed by atoms with Crippen molar-refractivity contribution >= 4 is 32.8 Å². The van der Waals surface area contributed by atoms with Crippen molar-refractivity contribution < 1.29 is 56.5 Å². The molecule has 0 radical (unpaired) electrons. The van der Waals surface area contributed by atoms with E-state index in [2.05, 4.69) is 18.8 Å². The second-order valence-corrected chi connectivity index (χ2v) is 10.2. The number of imidazole rings is 1. The Kier molecular flexibility index (Phi) is 8.27. The van der Waals surface area contributed by atoms with Gasteiger partial charge in [0, 0.05) is 13.0 Å². The number of aromatic nitrogens is 4. The number of aryl methyl sites for hydroxylation is 1. The molecular weight excluding hydrogens is 504 g/mol. The third-order valence-electron chi connectivity index (χ3n) is 4.94. The standard InChI is InChI=1S/C15H25N5O12P2/c1-19-7-20(12-10(19)13(22)18-15(16)17-12)14-11(21)8(5-29-4-3-28-2)9(31-14)6-30-34(26,27)32-33(23,24)25/h7-9,11,14,21H,3-6H2,1-2H3,(H5-,16,17,18,22,23,24,25,26,27)/p+1/t8-,9-,11-,14-/m1/s1. The Morgan fingerprint density at radius 1 is 1.29 bits per heavy atom. The zero-order valence-electron chi connectivity index (χ0n) is 18.1. The van der Waals surface area contributed by atoms with Crippen LogP contribution in [0.4, 0.5) is 5.95 Å². The second kappa shape index (κ2) is 10.5. The summed E-state index contributed by atoms with van der Waals surface area (Å²) in [5.41, 5.74) is 5.38. The highest BCUT2D eigenvalue weighted by Crippen LogP contribution is 2.57. The average Bonchev–Trinajstić information content (AvgIpc) is 3.18. The van der Waals surface area contributed by atoms with Gasteiger partial charge in [-0.2, -0.15) is 4.31 Å². The molecule has 1 saturated heterocycles. The molecular formula is C15H26N5O12P2+. The van der Waals surface area contributed by atoms with Gasteiger partial charge in [-0.25, -0.2) is 13.7 Å². The number of aromatic amines is 1. The van der Waals surface area contributed by atoms with Crippen LogP contribution < -0.4 is 15.9 Å². The highest BCUT2D eigenvalue weighted by Gasteiger charge is 2.49. The summed E-state index contributed by atoms with van der Waals surface area (Å²) in [5, 5.41) is 11.0. The summed E-state index contributed by atoms with van der Waals surface area (Å²) in [6.07, 6.45) is -2.08. The molecule has 5 atom stereocenters. The molecule has 2 aromatic heterocycles. The summed E-state index contributed by atoms with van der Waals surface area (Å²) < 4.78 is 50.2. The van der Waals surface area contributed by atoms with Gasteiger partial charge in [-0.15, -0.1) is 0 Å². The van der Waals surface area contributed by atoms with E-state index in [-0.39, 0.29) is 36.9 Å². The molecule has 0 aromatic carbocycles. The first-order chi connectivity index (χ1) is 15.8. The number of aliphatic hydroxyl groups is 1. The topological polar surface area (TPSA) is 242 Å². The predicted molar refractivity (Wildman–Crippen MR) is 111 cm³/mol. The van der Waals surface area contributed by atoms with E-state index in [9.17, 15) is 23.9 Å². The third-order valence-corrected chi connectivity index (χ3v) is 7.09. The number of nitrogens with two attached hydrogens (primary N) is 1. The van der Waals surface area contributed by atoms with Gasteiger partial charge in [-0.05, 0) is 0 Å². The number of nitrogens with zero attached hydrogens (tertiary/aromatic N) is 3. The minimum Gasteiger partial charge on any atom is -0.386 e. The van der Waals surface area contributed by atoms with Gasteiger partial charge >= 0.3 is 21.3 Å². The maximum absolute atomic E-state index is 12.3. The fraction of sp³-hybridized carbons (Fsp3) is 0.667. The van der Waals surface area contributed by atoms with Crippen LogP contribution in [0, 0.1) is 5.92 Å². The van der Waals surface area contributed by atoms with Crippen LogP contribution in [0.3, 0.4) is 0 Å². The van der Waals surface area contributed by atoms with E-state index < -0.39 is 52.2 Å². The minimum absolute atomic E-state index is 0.0917. The van der Waals surface area contributed by atoms with Gasteiger partial charge in [0.25, 0.3) is 11.5 Å². The highest BCUT2D eigenvalue weighted by molar-refractivity contribution is 7.60. The lowest BCUT2D eigenvalue weighted by Gasteiger charge is -2.20. The molecule has 19 heteroatoms. The van der Waals surface area contributed by atoms with E-state index in [1.807, 2.05) is 0 Å². The van der Waals surface area contributed by atoms with Crippen molar-refractivity contribution in [2.75, 3.05) is 39.3 Å². The Labute approximate surface area is 191 Å². The van der Waals surface area contributed by atoms with Gasteiger partial charge in [-0.1, -0.05) is 4.98 Å². The van der Waals surface area contributed by atoms with Crippen molar-refractivity contribution in [3.63, 3.8) is 0 Å². The fourth-order valence-electron chi connectivity index (χ4n) is 3.53. The van der Waals surface area contributed by atoms with Crippen LogP contribution >= 0.6 is 15.6 Å². The Morgan fingerprint density at radius 2 is 2.00 bits per heavy atom. The largest absolute Gasteiger partial charge is 0.481 e. The van der Waals surface area contributed by atoms with Gasteiger partial charge < -0.3 is 39.7 Å². The van der Waals surface area contributed by atoms with Crippen molar-refractivity contribution in [3.8, 4) is 0 Å². The number of nitrogens with one attached hydrogen (secondary N) is 1. The van der Waals surface area contributed by atoms with Crippen molar-refractivity contribution in [1.29, 1.82) is 0 Å². The van der Waals surface area contributed by atoms with Crippen LogP contribution in [0.5, 0.6) is 0 Å². The van der Waals surface area contributed by atoms with Gasteiger partial charge in [-0.3, -0.25) is 18.9 Å². The summed E-state index contributed by atoms with van der Waals surface area (Å²) in [6.45, 7) is -0.348. The molecule has 0 spiro atoms. The van der Waals surface area contributed by atoms with Gasteiger partial charge in [0.2, 0.25) is 11.7 Å². The number of hydrogen-bond donors (Lipinski definition) is 6. The molecule has 1 unspecified atom stereocenters. The van der Waals surface area contributed by atoms with Crippen LogP contribution in [0.2, 0.25) is 0 Å². The Balaban J connectivity index is 1.87. The van der Waals surface area contributed by atoms with Gasteiger partial charge in [0.15, 0.2) is 6.33 Å². The predicted octanol–water partition coefficient (Wildman–Crippen LogP) is -2.10. The molecule has 0 saturated carbocycles.